The number of para-hydroxylation sites is 2. The molecule has 1 N–H and O–H groups in total. The van der Waals surface area contributed by atoms with Gasteiger partial charge in [-0.15, -0.1) is 35.9 Å². The number of allylic oxidation sites excluding steroid dienone is 2. The van der Waals surface area contributed by atoms with E-state index in [1.54, 1.807) is 0 Å². The van der Waals surface area contributed by atoms with E-state index in [0.29, 0.717) is 0 Å². The van der Waals surface area contributed by atoms with Gasteiger partial charge in [0.05, 0.1) is 22.6 Å². The van der Waals surface area contributed by atoms with E-state index in [0.717, 1.165) is 22.4 Å². The van der Waals surface area contributed by atoms with Gasteiger partial charge in [0.15, 0.2) is 5.78 Å². The van der Waals surface area contributed by atoms with Crippen LogP contribution in [0.1, 0.15) is 13.8 Å². The van der Waals surface area contributed by atoms with Crippen molar-refractivity contribution >= 4 is 16.8 Å². The van der Waals surface area contributed by atoms with E-state index in [-0.39, 0.29) is 31.6 Å². The van der Waals surface area contributed by atoms with E-state index < -0.39 is 0 Å². The number of aliphatic hydroxyl groups excluding tert-OH is 1. The number of nitrogens with zero attached hydrogens (tertiary/aromatic N) is 2. The zero-order valence-electron chi connectivity index (χ0n) is 13.8. The summed E-state index contributed by atoms with van der Waals surface area (Å²) in [5.41, 5.74) is 3.20. The van der Waals surface area contributed by atoms with Gasteiger partial charge in [-0.05, 0) is 26.0 Å². The molecule has 0 bridgehead atoms. The monoisotopic (exact) mass is 500 g/mol. The first-order valence-corrected chi connectivity index (χ1v) is 7.25. The van der Waals surface area contributed by atoms with Gasteiger partial charge in [0.1, 0.15) is 0 Å². The maximum absolute atomic E-state index is 10.0. The summed E-state index contributed by atoms with van der Waals surface area (Å²) in [6.07, 6.45) is 1.17. The fourth-order valence-electron chi connectivity index (χ4n) is 2.21. The second kappa shape index (κ2) is 9.16. The largest absolute Gasteiger partial charge is 0.512 e. The molecule has 0 aliphatic rings. The van der Waals surface area contributed by atoms with E-state index in [4.69, 9.17) is 5.11 Å². The van der Waals surface area contributed by atoms with Crippen molar-refractivity contribution < 1.29 is 30.0 Å². The second-order valence-electron chi connectivity index (χ2n) is 5.16. The average Bonchev–Trinajstić information content (AvgIpc) is 2.85. The van der Waals surface area contributed by atoms with Crippen molar-refractivity contribution in [2.75, 3.05) is 0 Å². The standard InChI is InChI=1S/C14H11N2.C5H8O2.Ir/c1-16-13-10-6-5-9-12(13)15-14(16)11-7-3-2-4-8-11;1-4(6)3-5(2)7;/h2-7,9-10H,1H3;3,6H,1-2H3;/q-1;;/b;4-3-;. The maximum atomic E-state index is 10.0. The summed E-state index contributed by atoms with van der Waals surface area (Å²) in [7, 11) is 2.03. The van der Waals surface area contributed by atoms with Gasteiger partial charge in [0, 0.05) is 33.2 Å². The molecule has 0 saturated carbocycles. The Labute approximate surface area is 155 Å². The van der Waals surface area contributed by atoms with Crippen LogP contribution >= 0.6 is 0 Å². The SMILES string of the molecule is CC(=O)/C=C(/C)O.Cn1c(-c2[c-]cccc2)nc2ccccc21.[Ir]. The molecule has 3 aromatic rings. The Morgan fingerprint density at radius 2 is 1.83 bits per heavy atom. The van der Waals surface area contributed by atoms with Crippen molar-refractivity contribution in [1.29, 1.82) is 0 Å². The Kier molecular flexibility index (Phi) is 7.56. The van der Waals surface area contributed by atoms with Crippen molar-refractivity contribution in [1.82, 2.24) is 9.55 Å². The Morgan fingerprint density at radius 1 is 1.17 bits per heavy atom. The van der Waals surface area contributed by atoms with Gasteiger partial charge < -0.3 is 9.67 Å². The van der Waals surface area contributed by atoms with E-state index >= 15 is 0 Å². The molecule has 127 valence electrons. The van der Waals surface area contributed by atoms with Gasteiger partial charge in [0.25, 0.3) is 0 Å². The number of aliphatic hydroxyl groups is 1. The Hall–Kier alpha value is -2.23. The van der Waals surface area contributed by atoms with Crippen molar-refractivity contribution in [3.05, 3.63) is 66.4 Å². The summed E-state index contributed by atoms with van der Waals surface area (Å²) >= 11 is 0. The van der Waals surface area contributed by atoms with E-state index in [2.05, 4.69) is 21.7 Å². The van der Waals surface area contributed by atoms with E-state index in [1.165, 1.54) is 19.9 Å². The number of carbonyl (C=O) groups is 1. The Bertz CT molecular complexity index is 835. The number of rotatable bonds is 2. The first kappa shape index (κ1) is 19.8. The van der Waals surface area contributed by atoms with Crippen LogP contribution < -0.4 is 0 Å². The van der Waals surface area contributed by atoms with E-state index in [9.17, 15) is 4.79 Å². The van der Waals surface area contributed by atoms with Crippen molar-refractivity contribution in [2.24, 2.45) is 7.05 Å². The molecule has 24 heavy (non-hydrogen) atoms. The third-order valence-corrected chi connectivity index (χ3v) is 3.15. The zero-order chi connectivity index (χ0) is 16.8. The zero-order valence-corrected chi connectivity index (χ0v) is 16.2. The summed E-state index contributed by atoms with van der Waals surface area (Å²) in [6, 6.07) is 19.3. The molecule has 0 atom stereocenters. The summed E-state index contributed by atoms with van der Waals surface area (Å²) in [5, 5.41) is 8.36. The Balaban J connectivity index is 0.000000312. The third kappa shape index (κ3) is 5.15. The van der Waals surface area contributed by atoms with Crippen LogP contribution in [0, 0.1) is 6.07 Å². The molecule has 0 saturated heterocycles. The molecule has 0 fully saturated rings. The van der Waals surface area contributed by atoms with Crippen LogP contribution in [-0.4, -0.2) is 20.4 Å². The van der Waals surface area contributed by atoms with Gasteiger partial charge in [0.2, 0.25) is 0 Å². The number of fused-ring (bicyclic) bond motifs is 1. The van der Waals surface area contributed by atoms with Gasteiger partial charge in [-0.2, -0.15) is 0 Å². The van der Waals surface area contributed by atoms with Crippen LogP contribution in [0.15, 0.2) is 60.4 Å². The van der Waals surface area contributed by atoms with Crippen LogP contribution in [0.2, 0.25) is 0 Å². The number of ketones is 1. The minimum atomic E-state index is -0.125. The predicted molar refractivity (Wildman–Crippen MR) is 92.1 cm³/mol. The molecular formula is C19H19IrN2O2-. The summed E-state index contributed by atoms with van der Waals surface area (Å²) in [4.78, 5) is 14.6. The molecule has 1 radical (unpaired) electrons. The number of imidazole rings is 1. The number of aryl methyl sites for hydroxylation is 1. The number of aromatic nitrogens is 2. The molecule has 0 unspecified atom stereocenters. The molecule has 2 aromatic carbocycles. The molecule has 1 aromatic heterocycles. The van der Waals surface area contributed by atoms with Crippen LogP contribution in [0.25, 0.3) is 22.4 Å². The van der Waals surface area contributed by atoms with Crippen LogP contribution in [0.3, 0.4) is 0 Å². The van der Waals surface area contributed by atoms with Gasteiger partial charge in [-0.3, -0.25) is 9.78 Å². The summed E-state index contributed by atoms with van der Waals surface area (Å²) in [5.74, 6) is 0.898. The van der Waals surface area contributed by atoms with Gasteiger partial charge in [-0.1, -0.05) is 12.1 Å². The van der Waals surface area contributed by atoms with Crippen LogP contribution in [-0.2, 0) is 31.9 Å². The molecule has 0 aliphatic carbocycles. The topological polar surface area (TPSA) is 55.1 Å². The minimum absolute atomic E-state index is 0. The Morgan fingerprint density at radius 3 is 2.33 bits per heavy atom. The normalized spacial score (nSPS) is 10.5. The van der Waals surface area contributed by atoms with Crippen molar-refractivity contribution in [3.63, 3.8) is 0 Å². The molecule has 0 aliphatic heterocycles. The predicted octanol–water partition coefficient (Wildman–Crippen LogP) is 4.08. The summed E-state index contributed by atoms with van der Waals surface area (Å²) < 4.78 is 2.10. The fourth-order valence-corrected chi connectivity index (χ4v) is 2.21. The minimum Gasteiger partial charge on any atom is -0.512 e. The number of carbonyl (C=O) groups excluding carboxylic acids is 1. The first-order valence-electron chi connectivity index (χ1n) is 7.25. The average molecular weight is 500 g/mol. The fraction of sp³-hybridized carbons (Fsp3) is 0.158. The molecule has 1 heterocycles. The molecule has 4 nitrogen and oxygen atoms in total. The number of hydrogen-bond donors (Lipinski definition) is 1. The number of hydrogen-bond acceptors (Lipinski definition) is 3. The summed E-state index contributed by atoms with van der Waals surface area (Å²) in [6.45, 7) is 2.85. The quantitative estimate of drug-likeness (QED) is 0.329. The second-order valence-corrected chi connectivity index (χ2v) is 5.16. The first-order chi connectivity index (χ1) is 11.0. The molecular weight excluding hydrogens is 480 g/mol. The number of benzene rings is 2. The van der Waals surface area contributed by atoms with Crippen LogP contribution in [0.4, 0.5) is 0 Å². The molecule has 0 amide bonds. The van der Waals surface area contributed by atoms with E-state index in [1.807, 2.05) is 49.5 Å². The van der Waals surface area contributed by atoms with Gasteiger partial charge >= 0.3 is 0 Å². The maximum Gasteiger partial charge on any atom is 0.155 e. The third-order valence-electron chi connectivity index (χ3n) is 3.15. The smallest absolute Gasteiger partial charge is 0.155 e. The molecule has 0 spiro atoms. The van der Waals surface area contributed by atoms with Crippen molar-refractivity contribution in [3.8, 4) is 11.4 Å². The van der Waals surface area contributed by atoms with Crippen LogP contribution in [0.5, 0.6) is 0 Å². The van der Waals surface area contributed by atoms with Crippen molar-refractivity contribution in [2.45, 2.75) is 13.8 Å². The van der Waals surface area contributed by atoms with Gasteiger partial charge in [-0.25, -0.2) is 0 Å². The molecule has 3 rings (SSSR count). The molecule has 5 heteroatoms.